The molecule has 10 aromatic heterocycles. The second-order valence-electron chi connectivity index (χ2n) is 27.3. The van der Waals surface area contributed by atoms with Gasteiger partial charge in [-0.3, -0.25) is 52.0 Å². The zero-order valence-electron chi connectivity index (χ0n) is 67.8. The average Bonchev–Trinajstić information content (AvgIpc) is 1.13. The fourth-order valence-electron chi connectivity index (χ4n) is 11.9. The first-order valence-corrected chi connectivity index (χ1v) is 37.8. The van der Waals surface area contributed by atoms with Gasteiger partial charge < -0.3 is 40.8 Å². The van der Waals surface area contributed by atoms with Gasteiger partial charge in [-0.05, 0) is 121 Å². The highest BCUT2D eigenvalue weighted by Gasteiger charge is 2.26. The minimum Gasteiger partial charge on any atom is -0.477 e. The summed E-state index contributed by atoms with van der Waals surface area (Å²) < 4.78 is 164. The maximum absolute atomic E-state index is 14.9. The first-order chi connectivity index (χ1) is 63.3. The number of carbonyl (C=O) groups excluding carboxylic acids is 2. The fraction of sp³-hybridized carbons (Fsp3) is 0.0341. The van der Waals surface area contributed by atoms with Gasteiger partial charge in [-0.2, -0.15) is 19.9 Å². The highest BCUT2D eigenvalue weighted by atomic mass is 19.2. The molecule has 2 amide bonds. The van der Waals surface area contributed by atoms with Gasteiger partial charge in [-0.1, -0.05) is 0 Å². The number of H-pyrrole nitrogens is 2. The number of rotatable bonds is 19. The molecular formula is C88H61F10N21O13+2. The van der Waals surface area contributed by atoms with E-state index in [1.807, 2.05) is 0 Å². The van der Waals surface area contributed by atoms with E-state index in [0.717, 1.165) is 91.6 Å². The Morgan fingerprint density at radius 3 is 1.23 bits per heavy atom. The third-order valence-corrected chi connectivity index (χ3v) is 18.3. The Hall–Kier alpha value is -18.6. The molecule has 0 saturated carbocycles. The Balaban J connectivity index is 0.000000147. The van der Waals surface area contributed by atoms with Gasteiger partial charge in [-0.25, -0.2) is 93.2 Å². The number of aromatic amines is 2. The first kappa shape index (κ1) is 91.2. The van der Waals surface area contributed by atoms with Crippen LogP contribution in [0.4, 0.5) is 61.0 Å². The van der Waals surface area contributed by atoms with Crippen molar-refractivity contribution < 1.29 is 97.2 Å². The summed E-state index contributed by atoms with van der Waals surface area (Å²) in [6.07, 6.45) is 25.3. The Morgan fingerprint density at radius 2 is 0.811 bits per heavy atom. The molecule has 0 bridgehead atoms. The smallest absolute Gasteiger partial charge is 0.356 e. The second-order valence-corrected chi connectivity index (χ2v) is 27.3. The molecule has 17 rings (SSSR count). The van der Waals surface area contributed by atoms with Crippen LogP contribution in [0.25, 0.3) is 56.1 Å². The summed E-state index contributed by atoms with van der Waals surface area (Å²) >= 11 is 0. The van der Waals surface area contributed by atoms with Crippen molar-refractivity contribution in [3.8, 4) is 91.0 Å². The molecule has 8 N–H and O–H groups in total. The van der Waals surface area contributed by atoms with Crippen molar-refractivity contribution in [2.45, 2.75) is 0 Å². The van der Waals surface area contributed by atoms with Gasteiger partial charge in [0.05, 0.1) is 63.6 Å². The number of nitrogens with zero attached hydrogens (tertiary/aromatic N) is 16. The Kier molecular flexibility index (Phi) is 28.0. The number of amides is 2. The van der Waals surface area contributed by atoms with Crippen molar-refractivity contribution in [1.29, 1.82) is 0 Å². The number of carboxylic acids is 2. The number of carbonyl (C=O) groups is 4. The molecule has 34 nitrogen and oxygen atoms in total. The largest absolute Gasteiger partial charge is 0.477 e. The molecule has 44 heteroatoms. The van der Waals surface area contributed by atoms with Gasteiger partial charge in [0, 0.05) is 123 Å². The lowest BCUT2D eigenvalue weighted by molar-refractivity contribution is -0.726. The number of hydrogen-bond donors (Lipinski definition) is 6. The highest BCUT2D eigenvalue weighted by Crippen LogP contribution is 2.37. The maximum Gasteiger partial charge on any atom is 0.356 e. The molecule has 7 aromatic carbocycles. The molecule has 0 radical (unpaired) electrons. The summed E-state index contributed by atoms with van der Waals surface area (Å²) in [5.74, 6) is -13.3. The third-order valence-electron chi connectivity index (χ3n) is 18.3. The number of benzene rings is 7. The van der Waals surface area contributed by atoms with Crippen molar-refractivity contribution in [2.24, 2.45) is 21.1 Å². The van der Waals surface area contributed by atoms with Crippen LogP contribution in [0.1, 0.15) is 41.4 Å². The molecule has 0 atom stereocenters. The van der Waals surface area contributed by atoms with Crippen molar-refractivity contribution in [2.75, 3.05) is 16.4 Å². The number of nitrogen functional groups attached to an aromatic ring is 1. The summed E-state index contributed by atoms with van der Waals surface area (Å²) in [5, 5.41) is 33.0. The molecule has 0 aliphatic heterocycles. The number of carboxylic acid groups (broad SMARTS) is 2. The molecule has 0 saturated heterocycles. The van der Waals surface area contributed by atoms with Gasteiger partial charge in [-0.15, -0.1) is 4.68 Å². The first-order valence-electron chi connectivity index (χ1n) is 37.8. The van der Waals surface area contributed by atoms with Crippen LogP contribution in [0, 0.1) is 58.2 Å². The lowest BCUT2D eigenvalue weighted by atomic mass is 10.2. The number of hydrogen-bond acceptors (Lipinski definition) is 21. The van der Waals surface area contributed by atoms with Crippen LogP contribution in [0.3, 0.4) is 0 Å². The average molecular weight is 1810 g/mol. The number of aromatic nitrogens is 18. The molecule has 664 valence electrons. The van der Waals surface area contributed by atoms with Crippen molar-refractivity contribution >= 4 is 40.8 Å². The maximum atomic E-state index is 14.9. The molecule has 17 aromatic rings. The normalized spacial score (nSPS) is 10.6. The minimum atomic E-state index is -1.32. The Morgan fingerprint density at radius 1 is 0.432 bits per heavy atom. The van der Waals surface area contributed by atoms with E-state index in [1.165, 1.54) is 160 Å². The Bertz CT molecular complexity index is 7080. The fourth-order valence-corrected chi connectivity index (χ4v) is 11.9. The summed E-state index contributed by atoms with van der Waals surface area (Å²) in [5.41, 5.74) is 4.30. The molecule has 0 aliphatic rings. The SMILES string of the molecule is C[n+]1cc(-c2cncnc2Oc2cc(F)c(NC(=O)c3cncn(-c4ccc(F)cc4)c3=O)cc2F)c[nH]1.Cn1cc(-c2cncnc2Oc2cc(F)c(N)cc2F)cn1.Cn1cc(-c2cncnc2Oc2cc(F)c(NC(=O)c3cccn(-c4ccc(F)cc4)c3=O)cc2F)cn1.O=C(O)c1c[nH+]cn(-c2ccc(F)cc2)c1=O.O=C(O)c1cccn(-c2ccc(F)cc2)c1=O. The molecule has 0 spiro atoms. The molecule has 0 aliphatic carbocycles. The number of anilines is 3. The number of ether oxygens (including phenoxy) is 3. The molecule has 0 unspecified atom stereocenters. The lowest BCUT2D eigenvalue weighted by Crippen LogP contribution is -2.29. The topological polar surface area (TPSA) is 434 Å². The third kappa shape index (κ3) is 21.8. The molecule has 132 heavy (non-hydrogen) atoms. The number of aryl methyl sites for hydroxylation is 3. The zero-order chi connectivity index (χ0) is 94.1. The van der Waals surface area contributed by atoms with E-state index >= 15 is 0 Å². The number of nitrogens with two attached hydrogens (primary N) is 1. The monoisotopic (exact) mass is 1810 g/mol. The van der Waals surface area contributed by atoms with E-state index < -0.39 is 133 Å². The van der Waals surface area contributed by atoms with Gasteiger partial charge in [0.25, 0.3) is 28.5 Å². The predicted molar refractivity (Wildman–Crippen MR) is 447 cm³/mol. The minimum absolute atomic E-state index is 0.0219. The standard InChI is InChI=1S/C26H17F3N6O3.C25H16F3N7O3.C14H11F2N5O.C12H8FNO3.C11H7FN2O3/c1-34-13-15(11-32-34)19-12-30-14-31-25(19)38-23-10-20(28)22(9-21(23)29)33-24(36)18-3-2-8-35(26(18)37)17-6-4-16(27)5-7-17;1-34-11-14(8-32-34)17-9-29-12-31-24(17)38-22-7-19(27)21(6-20(22)28)33-23(36)18-10-30-13-35(25(18)37)16-4-2-15(26)3-5-16;1-21-6-8(4-20-21)9-5-18-7-19-14(9)22-13-3-10(15)12(17)2-11(13)16;13-8-3-5-9(6-4-8)14-7-1-2-10(11(14)15)12(16)17;12-7-1-3-8(4-2-7)14-6-13-5-9(10(14)15)11(16)17/h2-14H,1H3,(H,33,36);2-13H,1H3,(H,33,36);2-7H,17H2,1H3;1-7H,(H,16,17);1-6H,(H,16,17)/p+2. The van der Waals surface area contributed by atoms with Crippen LogP contribution in [-0.2, 0) is 21.1 Å². The summed E-state index contributed by atoms with van der Waals surface area (Å²) in [7, 11) is 5.23. The van der Waals surface area contributed by atoms with Crippen molar-refractivity contribution in [3.05, 3.63) is 392 Å². The van der Waals surface area contributed by atoms with Gasteiger partial charge in [0.1, 0.15) is 83.0 Å². The summed E-state index contributed by atoms with van der Waals surface area (Å²) in [4.78, 5) is 126. The number of nitrogens with one attached hydrogen (secondary N) is 4. The van der Waals surface area contributed by atoms with E-state index in [2.05, 4.69) is 65.8 Å². The molecular weight excluding hydrogens is 1750 g/mol. The number of pyridine rings is 2. The second kappa shape index (κ2) is 40.6. The van der Waals surface area contributed by atoms with E-state index in [0.29, 0.717) is 56.5 Å². The van der Waals surface area contributed by atoms with E-state index in [-0.39, 0.29) is 51.5 Å². The lowest BCUT2D eigenvalue weighted by Gasteiger charge is -2.12. The zero-order valence-corrected chi connectivity index (χ0v) is 67.8. The quantitative estimate of drug-likeness (QED) is 0.0249. The summed E-state index contributed by atoms with van der Waals surface area (Å²) in [6, 6.07) is 30.4. The van der Waals surface area contributed by atoms with Gasteiger partial charge in [0.2, 0.25) is 30.2 Å². The van der Waals surface area contributed by atoms with Gasteiger partial charge >= 0.3 is 17.5 Å². The molecule has 0 fully saturated rings. The Labute approximate surface area is 733 Å². The predicted octanol–water partition coefficient (Wildman–Crippen LogP) is 12.5. The van der Waals surface area contributed by atoms with Crippen LogP contribution in [0.15, 0.2) is 289 Å². The molecule has 10 heterocycles. The summed E-state index contributed by atoms with van der Waals surface area (Å²) in [6.45, 7) is 0. The van der Waals surface area contributed by atoms with E-state index in [4.69, 9.17) is 30.2 Å². The van der Waals surface area contributed by atoms with Crippen LogP contribution in [0.5, 0.6) is 34.9 Å². The highest BCUT2D eigenvalue weighted by molar-refractivity contribution is 6.05. The van der Waals surface area contributed by atoms with Gasteiger partial charge in [0.15, 0.2) is 58.9 Å². The van der Waals surface area contributed by atoms with E-state index in [1.54, 1.807) is 66.2 Å². The van der Waals surface area contributed by atoms with Crippen LogP contribution < -0.4 is 62.5 Å². The number of aromatic carboxylic acids is 2. The van der Waals surface area contributed by atoms with Crippen LogP contribution >= 0.6 is 0 Å². The van der Waals surface area contributed by atoms with E-state index in [9.17, 15) is 82.3 Å². The number of halogens is 10. The van der Waals surface area contributed by atoms with Crippen LogP contribution in [-0.4, -0.2) is 112 Å². The van der Waals surface area contributed by atoms with Crippen LogP contribution in [0.2, 0.25) is 0 Å². The van der Waals surface area contributed by atoms with Crippen molar-refractivity contribution in [3.63, 3.8) is 0 Å². The van der Waals surface area contributed by atoms with Crippen molar-refractivity contribution in [1.82, 2.24) is 77.8 Å².